The van der Waals surface area contributed by atoms with E-state index in [1.165, 1.54) is 6.42 Å². The number of carboxylic acid groups (broad SMARTS) is 1. The van der Waals surface area contributed by atoms with Crippen LogP contribution < -0.4 is 5.32 Å². The zero-order valence-corrected chi connectivity index (χ0v) is 11.8. The average molecular weight is 275 g/mol. The van der Waals surface area contributed by atoms with Gasteiger partial charge in [0.25, 0.3) is 0 Å². The number of carbonyl (C=O) groups is 2. The van der Waals surface area contributed by atoms with Crippen LogP contribution in [0.25, 0.3) is 0 Å². The van der Waals surface area contributed by atoms with E-state index in [4.69, 9.17) is 0 Å². The predicted octanol–water partition coefficient (Wildman–Crippen LogP) is 3.47. The molecule has 2 N–H and O–H groups in total. The second-order valence-corrected chi connectivity index (χ2v) is 5.36. The van der Waals surface area contributed by atoms with Gasteiger partial charge in [-0.05, 0) is 37.0 Å². The van der Waals surface area contributed by atoms with E-state index in [9.17, 15) is 14.7 Å². The molecule has 1 aromatic carbocycles. The van der Waals surface area contributed by atoms with Gasteiger partial charge in [0.2, 0.25) is 5.91 Å². The Morgan fingerprint density at radius 2 is 1.95 bits per heavy atom. The first-order valence-corrected chi connectivity index (χ1v) is 7.29. The molecule has 108 valence electrons. The lowest BCUT2D eigenvalue weighted by Crippen LogP contribution is -2.25. The summed E-state index contributed by atoms with van der Waals surface area (Å²) in [6.45, 7) is 1.97. The second-order valence-electron chi connectivity index (χ2n) is 5.36. The Balaban J connectivity index is 2.15. The molecule has 1 fully saturated rings. The predicted molar refractivity (Wildman–Crippen MR) is 78.0 cm³/mol. The van der Waals surface area contributed by atoms with Crippen LogP contribution in [0.3, 0.4) is 0 Å². The zero-order valence-electron chi connectivity index (χ0n) is 11.8. The van der Waals surface area contributed by atoms with E-state index in [-0.39, 0.29) is 17.4 Å². The Labute approximate surface area is 119 Å². The lowest BCUT2D eigenvalue weighted by molar-refractivity contribution is -0.120. The molecule has 0 atom stereocenters. The first-order chi connectivity index (χ1) is 9.61. The van der Waals surface area contributed by atoms with Gasteiger partial charge in [-0.2, -0.15) is 0 Å². The largest absolute Gasteiger partial charge is 0.478 e. The van der Waals surface area contributed by atoms with Gasteiger partial charge in [-0.3, -0.25) is 4.79 Å². The Kier molecular flexibility index (Phi) is 4.77. The molecule has 4 heteroatoms. The van der Waals surface area contributed by atoms with Crippen molar-refractivity contribution in [1.29, 1.82) is 0 Å². The molecule has 0 bridgehead atoms. The number of rotatable bonds is 4. The lowest BCUT2D eigenvalue weighted by Gasteiger charge is -2.21. The molecule has 4 nitrogen and oxygen atoms in total. The van der Waals surface area contributed by atoms with Gasteiger partial charge in [0, 0.05) is 5.92 Å². The molecule has 0 saturated heterocycles. The van der Waals surface area contributed by atoms with Gasteiger partial charge in [0.1, 0.15) is 0 Å². The smallest absolute Gasteiger partial charge is 0.337 e. The minimum absolute atomic E-state index is 0.0243. The molecule has 0 aromatic heterocycles. The summed E-state index contributed by atoms with van der Waals surface area (Å²) in [4.78, 5) is 23.5. The first kappa shape index (κ1) is 14.6. The zero-order chi connectivity index (χ0) is 14.5. The highest BCUT2D eigenvalue weighted by molar-refractivity contribution is 6.01. The second kappa shape index (κ2) is 6.55. The number of anilines is 1. The van der Waals surface area contributed by atoms with E-state index < -0.39 is 5.97 Å². The monoisotopic (exact) mass is 275 g/mol. The third kappa shape index (κ3) is 3.38. The molecule has 0 unspecified atom stereocenters. The third-order valence-electron chi connectivity index (χ3n) is 3.96. The summed E-state index contributed by atoms with van der Waals surface area (Å²) in [6, 6.07) is 5.20. The molecular formula is C16H21NO3. The number of benzene rings is 1. The maximum Gasteiger partial charge on any atom is 0.337 e. The number of nitrogens with one attached hydrogen (secondary N) is 1. The van der Waals surface area contributed by atoms with Crippen molar-refractivity contribution in [2.24, 2.45) is 5.92 Å². The maximum absolute atomic E-state index is 12.2. The van der Waals surface area contributed by atoms with Crippen LogP contribution in [-0.4, -0.2) is 17.0 Å². The highest BCUT2D eigenvalue weighted by Gasteiger charge is 2.22. The highest BCUT2D eigenvalue weighted by atomic mass is 16.4. The molecule has 0 radical (unpaired) electrons. The molecule has 0 aliphatic heterocycles. The van der Waals surface area contributed by atoms with Gasteiger partial charge < -0.3 is 10.4 Å². The standard InChI is InChI=1S/C16H21NO3/c1-2-11-8-9-14(13(10-11)16(19)20)17-15(18)12-6-4-3-5-7-12/h8-10,12H,2-7H2,1H3,(H,17,18)(H,19,20). The molecule has 1 aliphatic rings. The average Bonchev–Trinajstić information content (AvgIpc) is 2.48. The van der Waals surface area contributed by atoms with Crippen molar-refractivity contribution < 1.29 is 14.7 Å². The van der Waals surface area contributed by atoms with Crippen molar-refractivity contribution in [1.82, 2.24) is 0 Å². The van der Waals surface area contributed by atoms with Crippen LogP contribution in [0.4, 0.5) is 5.69 Å². The van der Waals surface area contributed by atoms with Crippen LogP contribution in [0.1, 0.15) is 54.9 Å². The molecule has 1 saturated carbocycles. The molecular weight excluding hydrogens is 254 g/mol. The van der Waals surface area contributed by atoms with Crippen molar-refractivity contribution in [3.8, 4) is 0 Å². The van der Waals surface area contributed by atoms with E-state index in [0.717, 1.165) is 37.7 Å². The SMILES string of the molecule is CCc1ccc(NC(=O)C2CCCCC2)c(C(=O)O)c1. The van der Waals surface area contributed by atoms with Crippen molar-refractivity contribution >= 4 is 17.6 Å². The summed E-state index contributed by atoms with van der Waals surface area (Å²) in [5.74, 6) is -1.02. The minimum Gasteiger partial charge on any atom is -0.478 e. The number of aryl methyl sites for hydroxylation is 1. The Morgan fingerprint density at radius 3 is 2.55 bits per heavy atom. The Morgan fingerprint density at radius 1 is 1.25 bits per heavy atom. The molecule has 1 aromatic rings. The summed E-state index contributed by atoms with van der Waals surface area (Å²) in [5.41, 5.74) is 1.54. The van der Waals surface area contributed by atoms with Crippen LogP contribution in [0.5, 0.6) is 0 Å². The Hall–Kier alpha value is -1.84. The summed E-state index contributed by atoms with van der Waals surface area (Å²) in [5, 5.41) is 12.1. The van der Waals surface area contributed by atoms with E-state index in [0.29, 0.717) is 5.69 Å². The van der Waals surface area contributed by atoms with Gasteiger partial charge >= 0.3 is 5.97 Å². The fourth-order valence-corrected chi connectivity index (χ4v) is 2.70. The quantitative estimate of drug-likeness (QED) is 0.884. The van der Waals surface area contributed by atoms with E-state index in [1.807, 2.05) is 13.0 Å². The van der Waals surface area contributed by atoms with E-state index in [1.54, 1.807) is 12.1 Å². The number of carbonyl (C=O) groups excluding carboxylic acids is 1. The molecule has 2 rings (SSSR count). The summed E-state index contributed by atoms with van der Waals surface area (Å²) in [6.07, 6.45) is 5.94. The van der Waals surface area contributed by atoms with Crippen LogP contribution in [0.15, 0.2) is 18.2 Å². The molecule has 0 spiro atoms. The fraction of sp³-hybridized carbons (Fsp3) is 0.500. The lowest BCUT2D eigenvalue weighted by atomic mass is 9.88. The van der Waals surface area contributed by atoms with Crippen LogP contribution >= 0.6 is 0 Å². The van der Waals surface area contributed by atoms with Crippen molar-refractivity contribution in [3.63, 3.8) is 0 Å². The van der Waals surface area contributed by atoms with E-state index in [2.05, 4.69) is 5.32 Å². The number of hydrogen-bond acceptors (Lipinski definition) is 2. The molecule has 0 heterocycles. The summed E-state index contributed by atoms with van der Waals surface area (Å²) >= 11 is 0. The van der Waals surface area contributed by atoms with Crippen LogP contribution in [0, 0.1) is 5.92 Å². The normalized spacial score (nSPS) is 15.8. The maximum atomic E-state index is 12.2. The van der Waals surface area contributed by atoms with Gasteiger partial charge in [-0.25, -0.2) is 4.79 Å². The number of aromatic carboxylic acids is 1. The Bertz CT molecular complexity index is 504. The van der Waals surface area contributed by atoms with Gasteiger partial charge in [-0.1, -0.05) is 32.3 Å². The number of hydrogen-bond donors (Lipinski definition) is 2. The first-order valence-electron chi connectivity index (χ1n) is 7.29. The van der Waals surface area contributed by atoms with Crippen molar-refractivity contribution in [2.75, 3.05) is 5.32 Å². The van der Waals surface area contributed by atoms with Gasteiger partial charge in [0.05, 0.1) is 11.3 Å². The van der Waals surface area contributed by atoms with Gasteiger partial charge in [0.15, 0.2) is 0 Å². The number of carboxylic acids is 1. The highest BCUT2D eigenvalue weighted by Crippen LogP contribution is 2.26. The molecule has 20 heavy (non-hydrogen) atoms. The van der Waals surface area contributed by atoms with E-state index >= 15 is 0 Å². The third-order valence-corrected chi connectivity index (χ3v) is 3.96. The van der Waals surface area contributed by atoms with Crippen molar-refractivity contribution in [3.05, 3.63) is 29.3 Å². The minimum atomic E-state index is -1.00. The summed E-state index contributed by atoms with van der Waals surface area (Å²) < 4.78 is 0. The topological polar surface area (TPSA) is 66.4 Å². The molecule has 1 amide bonds. The summed E-state index contributed by atoms with van der Waals surface area (Å²) in [7, 11) is 0. The molecule has 1 aliphatic carbocycles. The van der Waals surface area contributed by atoms with Crippen LogP contribution in [0.2, 0.25) is 0 Å². The fourth-order valence-electron chi connectivity index (χ4n) is 2.70. The van der Waals surface area contributed by atoms with Crippen LogP contribution in [-0.2, 0) is 11.2 Å². The van der Waals surface area contributed by atoms with Crippen molar-refractivity contribution in [2.45, 2.75) is 45.4 Å². The van der Waals surface area contributed by atoms with Gasteiger partial charge in [-0.15, -0.1) is 0 Å². The number of amides is 1.